The minimum atomic E-state index is 0.315. The first-order chi connectivity index (χ1) is 13.1. The fraction of sp³-hybridized carbons (Fsp3) is 0.857. The summed E-state index contributed by atoms with van der Waals surface area (Å²) in [5, 5.41) is 9.62. The summed E-state index contributed by atoms with van der Waals surface area (Å²) in [4.78, 5) is 15.6. The summed E-state index contributed by atoms with van der Waals surface area (Å²) >= 11 is 1.57. The van der Waals surface area contributed by atoms with Crippen LogP contribution < -0.4 is 0 Å². The second-order valence-corrected chi connectivity index (χ2v) is 9.36. The van der Waals surface area contributed by atoms with E-state index in [9.17, 15) is 4.79 Å². The highest BCUT2D eigenvalue weighted by molar-refractivity contribution is 7.99. The molecule has 1 heterocycles. The predicted molar refractivity (Wildman–Crippen MR) is 111 cm³/mol. The van der Waals surface area contributed by atoms with Crippen molar-refractivity contribution in [2.45, 2.75) is 115 Å². The predicted octanol–water partition coefficient (Wildman–Crippen LogP) is 5.01. The van der Waals surface area contributed by atoms with Gasteiger partial charge < -0.3 is 9.47 Å². The van der Waals surface area contributed by atoms with Gasteiger partial charge in [-0.3, -0.25) is 4.79 Å². The molecule has 1 aromatic rings. The Balaban J connectivity index is 1.68. The minimum absolute atomic E-state index is 0.315. The van der Waals surface area contributed by atoms with Gasteiger partial charge in [-0.05, 0) is 32.6 Å². The van der Waals surface area contributed by atoms with Gasteiger partial charge in [0.1, 0.15) is 5.82 Å². The highest BCUT2D eigenvalue weighted by Crippen LogP contribution is 2.31. The molecule has 0 bridgehead atoms. The molecule has 1 amide bonds. The van der Waals surface area contributed by atoms with E-state index in [2.05, 4.69) is 40.4 Å². The Bertz CT molecular complexity index is 585. The molecule has 2 fully saturated rings. The molecule has 5 nitrogen and oxygen atoms in total. The lowest BCUT2D eigenvalue weighted by Gasteiger charge is -2.41. The number of hydrogen-bond donors (Lipinski definition) is 0. The molecular weight excluding hydrogens is 356 g/mol. The third kappa shape index (κ3) is 5.07. The fourth-order valence-corrected chi connectivity index (χ4v) is 5.63. The molecule has 0 atom stereocenters. The molecule has 3 rings (SSSR count). The summed E-state index contributed by atoms with van der Waals surface area (Å²) in [6.45, 7) is 7.26. The van der Waals surface area contributed by atoms with E-state index in [4.69, 9.17) is 0 Å². The Morgan fingerprint density at radius 2 is 1.59 bits per heavy atom. The molecule has 2 aliphatic rings. The van der Waals surface area contributed by atoms with Gasteiger partial charge in [-0.1, -0.05) is 64.1 Å². The molecule has 0 spiro atoms. The second-order valence-electron chi connectivity index (χ2n) is 8.41. The molecule has 27 heavy (non-hydrogen) atoms. The molecular formula is C21H36N4OS. The summed E-state index contributed by atoms with van der Waals surface area (Å²) in [6.07, 6.45) is 12.5. The van der Waals surface area contributed by atoms with Crippen molar-refractivity contribution in [3.63, 3.8) is 0 Å². The standard InChI is InChI=1S/C21H36N4OS/c1-4-24-20(16(2)3)22-23-21(24)27-15-19(26)25(17-11-7-5-8-12-17)18-13-9-6-10-14-18/h16-18H,4-15H2,1-3H3. The highest BCUT2D eigenvalue weighted by atomic mass is 32.2. The van der Waals surface area contributed by atoms with Gasteiger partial charge >= 0.3 is 0 Å². The quantitative estimate of drug-likeness (QED) is 0.612. The van der Waals surface area contributed by atoms with Crippen molar-refractivity contribution in [3.05, 3.63) is 5.82 Å². The molecule has 0 N–H and O–H groups in total. The zero-order valence-electron chi connectivity index (χ0n) is 17.3. The lowest BCUT2D eigenvalue weighted by Crippen LogP contribution is -2.49. The SMILES string of the molecule is CCn1c(SCC(=O)N(C2CCCCC2)C2CCCCC2)nnc1C(C)C. The summed E-state index contributed by atoms with van der Waals surface area (Å²) in [5.41, 5.74) is 0. The number of carbonyl (C=O) groups is 1. The number of amides is 1. The second kappa shape index (κ2) is 9.94. The lowest BCUT2D eigenvalue weighted by molar-refractivity contribution is -0.135. The molecule has 6 heteroatoms. The maximum atomic E-state index is 13.3. The van der Waals surface area contributed by atoms with Gasteiger partial charge in [0, 0.05) is 24.5 Å². The normalized spacial score (nSPS) is 19.6. The third-order valence-electron chi connectivity index (χ3n) is 6.13. The summed E-state index contributed by atoms with van der Waals surface area (Å²) in [5.74, 6) is 2.17. The third-order valence-corrected chi connectivity index (χ3v) is 7.08. The van der Waals surface area contributed by atoms with Crippen LogP contribution in [0.5, 0.6) is 0 Å². The van der Waals surface area contributed by atoms with Gasteiger partial charge in [-0.25, -0.2) is 0 Å². The van der Waals surface area contributed by atoms with Crippen LogP contribution in [0.3, 0.4) is 0 Å². The van der Waals surface area contributed by atoms with Crippen molar-refractivity contribution in [1.82, 2.24) is 19.7 Å². The number of thioether (sulfide) groups is 1. The van der Waals surface area contributed by atoms with Gasteiger partial charge in [0.15, 0.2) is 5.16 Å². The highest BCUT2D eigenvalue weighted by Gasteiger charge is 2.32. The van der Waals surface area contributed by atoms with Crippen LogP contribution in [0.25, 0.3) is 0 Å². The van der Waals surface area contributed by atoms with Crippen molar-refractivity contribution in [1.29, 1.82) is 0 Å². The van der Waals surface area contributed by atoms with Crippen molar-refractivity contribution in [2.75, 3.05) is 5.75 Å². The molecule has 152 valence electrons. The van der Waals surface area contributed by atoms with E-state index in [0.717, 1.165) is 17.5 Å². The van der Waals surface area contributed by atoms with E-state index < -0.39 is 0 Å². The van der Waals surface area contributed by atoms with E-state index in [1.165, 1.54) is 64.2 Å². The number of nitrogens with zero attached hydrogens (tertiary/aromatic N) is 4. The van der Waals surface area contributed by atoms with Crippen LogP contribution in [0.4, 0.5) is 0 Å². The molecule has 1 aromatic heterocycles. The van der Waals surface area contributed by atoms with Crippen LogP contribution in [0.15, 0.2) is 5.16 Å². The molecule has 0 aliphatic heterocycles. The van der Waals surface area contributed by atoms with Gasteiger partial charge in [-0.15, -0.1) is 10.2 Å². The number of rotatable bonds is 7. The molecule has 0 unspecified atom stereocenters. The zero-order valence-corrected chi connectivity index (χ0v) is 18.1. The fourth-order valence-electron chi connectivity index (χ4n) is 4.76. The van der Waals surface area contributed by atoms with Crippen LogP contribution in [0, 0.1) is 0 Å². The van der Waals surface area contributed by atoms with Gasteiger partial charge in [0.2, 0.25) is 5.91 Å². The molecule has 2 aliphatic carbocycles. The largest absolute Gasteiger partial charge is 0.336 e. The van der Waals surface area contributed by atoms with Crippen LogP contribution in [0.2, 0.25) is 0 Å². The molecule has 0 radical (unpaired) electrons. The van der Waals surface area contributed by atoms with E-state index in [-0.39, 0.29) is 0 Å². The smallest absolute Gasteiger partial charge is 0.233 e. The first kappa shape index (κ1) is 20.7. The van der Waals surface area contributed by atoms with Gasteiger partial charge in [0.05, 0.1) is 5.75 Å². The van der Waals surface area contributed by atoms with Crippen molar-refractivity contribution in [3.8, 4) is 0 Å². The first-order valence-corrected chi connectivity index (χ1v) is 12.0. The summed E-state index contributed by atoms with van der Waals surface area (Å²) in [6, 6.07) is 0.926. The van der Waals surface area contributed by atoms with E-state index in [1.807, 2.05) is 0 Å². The molecule has 0 aromatic carbocycles. The average molecular weight is 393 g/mol. The van der Waals surface area contributed by atoms with Crippen LogP contribution in [0.1, 0.15) is 96.7 Å². The van der Waals surface area contributed by atoms with Crippen molar-refractivity contribution >= 4 is 17.7 Å². The number of aromatic nitrogens is 3. The monoisotopic (exact) mass is 392 g/mol. The molecule has 2 saturated carbocycles. The Morgan fingerprint density at radius 3 is 2.07 bits per heavy atom. The summed E-state index contributed by atoms with van der Waals surface area (Å²) in [7, 11) is 0. The van der Waals surface area contributed by atoms with Crippen LogP contribution in [-0.2, 0) is 11.3 Å². The van der Waals surface area contributed by atoms with Gasteiger partial charge in [-0.2, -0.15) is 0 Å². The minimum Gasteiger partial charge on any atom is -0.336 e. The van der Waals surface area contributed by atoms with Crippen LogP contribution in [-0.4, -0.2) is 43.4 Å². The van der Waals surface area contributed by atoms with E-state index in [0.29, 0.717) is 29.7 Å². The van der Waals surface area contributed by atoms with Crippen molar-refractivity contribution in [2.24, 2.45) is 0 Å². The lowest BCUT2D eigenvalue weighted by atomic mass is 9.88. The van der Waals surface area contributed by atoms with Gasteiger partial charge in [0.25, 0.3) is 0 Å². The average Bonchev–Trinajstić information content (AvgIpc) is 3.11. The van der Waals surface area contributed by atoms with Crippen LogP contribution >= 0.6 is 11.8 Å². The maximum Gasteiger partial charge on any atom is 0.233 e. The first-order valence-electron chi connectivity index (χ1n) is 11.0. The number of carbonyl (C=O) groups excluding carboxylic acids is 1. The van der Waals surface area contributed by atoms with Crippen molar-refractivity contribution < 1.29 is 4.79 Å². The topological polar surface area (TPSA) is 51.0 Å². The number of hydrogen-bond acceptors (Lipinski definition) is 4. The zero-order chi connectivity index (χ0) is 19.2. The Kier molecular flexibility index (Phi) is 7.62. The Hall–Kier alpha value is -1.04. The summed E-state index contributed by atoms with van der Waals surface area (Å²) < 4.78 is 2.16. The van der Waals surface area contributed by atoms with E-state index >= 15 is 0 Å². The van der Waals surface area contributed by atoms with E-state index in [1.54, 1.807) is 11.8 Å². The Morgan fingerprint density at radius 1 is 1.04 bits per heavy atom. The maximum absolute atomic E-state index is 13.3. The molecule has 0 saturated heterocycles. The Labute approximate surface area is 168 Å².